The maximum absolute atomic E-state index is 12.4. The van der Waals surface area contributed by atoms with Gasteiger partial charge in [0.25, 0.3) is 15.9 Å². The number of hydrogen-bond acceptors (Lipinski definition) is 3. The SMILES string of the molecule is CN1CCC/C1=N/S(=O)(=O)c1ccc(NC(=O)c2ccc(Cl)cc2)cc1. The summed E-state index contributed by atoms with van der Waals surface area (Å²) < 4.78 is 28.7. The van der Waals surface area contributed by atoms with E-state index in [-0.39, 0.29) is 10.8 Å². The first-order chi connectivity index (χ1) is 12.3. The number of hydrogen-bond donors (Lipinski definition) is 1. The second-order valence-corrected chi connectivity index (χ2v) is 8.03. The molecule has 6 nitrogen and oxygen atoms in total. The first-order valence-electron chi connectivity index (χ1n) is 8.07. The molecule has 0 saturated carbocycles. The number of carbonyl (C=O) groups is 1. The zero-order chi connectivity index (χ0) is 18.7. The summed E-state index contributed by atoms with van der Waals surface area (Å²) in [7, 11) is -1.93. The van der Waals surface area contributed by atoms with Gasteiger partial charge in [-0.25, -0.2) is 0 Å². The number of sulfonamides is 1. The molecule has 0 atom stereocenters. The van der Waals surface area contributed by atoms with Crippen molar-refractivity contribution in [1.29, 1.82) is 0 Å². The maximum Gasteiger partial charge on any atom is 0.283 e. The van der Waals surface area contributed by atoms with Crippen LogP contribution in [0.2, 0.25) is 5.02 Å². The fourth-order valence-corrected chi connectivity index (χ4v) is 3.84. The molecule has 0 radical (unpaired) electrons. The highest BCUT2D eigenvalue weighted by Gasteiger charge is 2.20. The molecular formula is C18H18ClN3O3S. The monoisotopic (exact) mass is 391 g/mol. The normalized spacial score (nSPS) is 16.1. The molecular weight excluding hydrogens is 374 g/mol. The lowest BCUT2D eigenvalue weighted by molar-refractivity contribution is 0.102. The highest BCUT2D eigenvalue weighted by Crippen LogP contribution is 2.19. The zero-order valence-corrected chi connectivity index (χ0v) is 15.7. The van der Waals surface area contributed by atoms with Gasteiger partial charge in [0.1, 0.15) is 5.84 Å². The molecule has 26 heavy (non-hydrogen) atoms. The molecule has 3 rings (SSSR count). The van der Waals surface area contributed by atoms with Crippen LogP contribution in [0.3, 0.4) is 0 Å². The number of nitrogens with one attached hydrogen (secondary N) is 1. The Hall–Kier alpha value is -2.38. The van der Waals surface area contributed by atoms with Crippen LogP contribution in [0, 0.1) is 0 Å². The molecule has 2 aromatic rings. The Morgan fingerprint density at radius 2 is 1.77 bits per heavy atom. The second kappa shape index (κ2) is 7.47. The van der Waals surface area contributed by atoms with Crippen LogP contribution in [0.1, 0.15) is 23.2 Å². The van der Waals surface area contributed by atoms with Crippen LogP contribution in [0.5, 0.6) is 0 Å². The average molecular weight is 392 g/mol. The predicted molar refractivity (Wildman–Crippen MR) is 102 cm³/mol. The number of anilines is 1. The van der Waals surface area contributed by atoms with Crippen molar-refractivity contribution in [3.63, 3.8) is 0 Å². The van der Waals surface area contributed by atoms with Gasteiger partial charge in [0.15, 0.2) is 0 Å². The van der Waals surface area contributed by atoms with E-state index < -0.39 is 10.0 Å². The van der Waals surface area contributed by atoms with Crippen molar-refractivity contribution in [3.05, 3.63) is 59.1 Å². The first kappa shape index (κ1) is 18.4. The van der Waals surface area contributed by atoms with E-state index in [1.54, 1.807) is 36.4 Å². The summed E-state index contributed by atoms with van der Waals surface area (Å²) in [5, 5.41) is 3.26. The third-order valence-electron chi connectivity index (χ3n) is 4.08. The van der Waals surface area contributed by atoms with Gasteiger partial charge in [-0.15, -0.1) is 4.40 Å². The van der Waals surface area contributed by atoms with Crippen molar-refractivity contribution in [3.8, 4) is 0 Å². The summed E-state index contributed by atoms with van der Waals surface area (Å²) in [5.74, 6) is 0.273. The van der Waals surface area contributed by atoms with Crippen molar-refractivity contribution in [2.24, 2.45) is 4.40 Å². The lowest BCUT2D eigenvalue weighted by atomic mass is 10.2. The number of carbonyl (C=O) groups excluding carboxylic acids is 1. The van der Waals surface area contributed by atoms with E-state index in [0.29, 0.717) is 28.5 Å². The summed E-state index contributed by atoms with van der Waals surface area (Å²) in [5.41, 5.74) is 0.955. The van der Waals surface area contributed by atoms with Crippen LogP contribution >= 0.6 is 11.6 Å². The minimum Gasteiger partial charge on any atom is -0.362 e. The highest BCUT2D eigenvalue weighted by molar-refractivity contribution is 7.90. The summed E-state index contributed by atoms with van der Waals surface area (Å²) in [6.45, 7) is 0.810. The quantitative estimate of drug-likeness (QED) is 0.866. The zero-order valence-electron chi connectivity index (χ0n) is 14.1. The summed E-state index contributed by atoms with van der Waals surface area (Å²) in [6.07, 6.45) is 1.56. The number of amidine groups is 1. The number of likely N-dealkylation sites (tertiary alicyclic amines) is 1. The van der Waals surface area contributed by atoms with E-state index in [2.05, 4.69) is 9.71 Å². The molecule has 0 unspecified atom stereocenters. The lowest BCUT2D eigenvalue weighted by Gasteiger charge is -2.11. The van der Waals surface area contributed by atoms with Crippen molar-refractivity contribution in [1.82, 2.24) is 4.90 Å². The van der Waals surface area contributed by atoms with Crippen molar-refractivity contribution >= 4 is 39.1 Å². The highest BCUT2D eigenvalue weighted by atomic mass is 35.5. The van der Waals surface area contributed by atoms with Gasteiger partial charge in [-0.1, -0.05) is 11.6 Å². The van der Waals surface area contributed by atoms with Crippen LogP contribution in [0.25, 0.3) is 0 Å². The van der Waals surface area contributed by atoms with E-state index in [1.165, 1.54) is 12.1 Å². The Labute approximate surface area is 157 Å². The molecule has 0 aromatic heterocycles. The van der Waals surface area contributed by atoms with Gasteiger partial charge in [0.05, 0.1) is 4.90 Å². The van der Waals surface area contributed by atoms with Crippen LogP contribution in [-0.4, -0.2) is 38.7 Å². The van der Waals surface area contributed by atoms with Gasteiger partial charge in [-0.2, -0.15) is 8.42 Å². The van der Waals surface area contributed by atoms with Crippen LogP contribution in [0.15, 0.2) is 57.8 Å². The van der Waals surface area contributed by atoms with E-state index in [1.807, 2.05) is 11.9 Å². The van der Waals surface area contributed by atoms with Gasteiger partial charge in [0, 0.05) is 36.3 Å². The number of halogens is 1. The van der Waals surface area contributed by atoms with Crippen LogP contribution < -0.4 is 5.32 Å². The van der Waals surface area contributed by atoms with Crippen molar-refractivity contribution in [2.75, 3.05) is 18.9 Å². The van der Waals surface area contributed by atoms with E-state index in [4.69, 9.17) is 11.6 Å². The Kier molecular flexibility index (Phi) is 5.29. The number of benzene rings is 2. The van der Waals surface area contributed by atoms with Gasteiger partial charge in [0.2, 0.25) is 0 Å². The van der Waals surface area contributed by atoms with Gasteiger partial charge >= 0.3 is 0 Å². The molecule has 1 heterocycles. The Balaban J connectivity index is 1.74. The van der Waals surface area contributed by atoms with Gasteiger partial charge < -0.3 is 10.2 Å². The summed E-state index contributed by atoms with van der Waals surface area (Å²) in [6, 6.07) is 12.4. The van der Waals surface area contributed by atoms with Gasteiger partial charge in [-0.3, -0.25) is 4.79 Å². The molecule has 1 fully saturated rings. The van der Waals surface area contributed by atoms with E-state index in [0.717, 1.165) is 13.0 Å². The average Bonchev–Trinajstić information content (AvgIpc) is 3.00. The maximum atomic E-state index is 12.4. The lowest BCUT2D eigenvalue weighted by Crippen LogP contribution is -2.20. The molecule has 8 heteroatoms. The largest absolute Gasteiger partial charge is 0.362 e. The first-order valence-corrected chi connectivity index (χ1v) is 9.89. The molecule has 136 valence electrons. The smallest absolute Gasteiger partial charge is 0.283 e. The molecule has 0 spiro atoms. The molecule has 0 aliphatic carbocycles. The Bertz CT molecular complexity index is 939. The van der Waals surface area contributed by atoms with Gasteiger partial charge in [-0.05, 0) is 55.0 Å². The molecule has 2 aromatic carbocycles. The molecule has 1 amide bonds. The Morgan fingerprint density at radius 3 is 2.35 bits per heavy atom. The molecule has 1 aliphatic heterocycles. The fourth-order valence-electron chi connectivity index (χ4n) is 2.62. The van der Waals surface area contributed by atoms with Crippen LogP contribution in [-0.2, 0) is 10.0 Å². The Morgan fingerprint density at radius 1 is 1.12 bits per heavy atom. The number of nitrogens with zero attached hydrogens (tertiary/aromatic N) is 2. The number of amides is 1. The standard InChI is InChI=1S/C18H18ClN3O3S/c1-22-12-2-3-17(22)21-26(24,25)16-10-8-15(9-11-16)20-18(23)13-4-6-14(19)7-5-13/h4-11H,2-3,12H2,1H3,(H,20,23)/b21-17-. The molecule has 1 saturated heterocycles. The molecule has 1 N–H and O–H groups in total. The molecule has 1 aliphatic rings. The third-order valence-corrected chi connectivity index (χ3v) is 5.65. The number of rotatable bonds is 4. The van der Waals surface area contributed by atoms with Crippen LogP contribution in [0.4, 0.5) is 5.69 Å². The predicted octanol–water partition coefficient (Wildman–Crippen LogP) is 3.41. The summed E-state index contributed by atoms with van der Waals surface area (Å²) in [4.78, 5) is 14.1. The van der Waals surface area contributed by atoms with E-state index >= 15 is 0 Å². The van der Waals surface area contributed by atoms with Crippen molar-refractivity contribution in [2.45, 2.75) is 17.7 Å². The fraction of sp³-hybridized carbons (Fsp3) is 0.222. The third kappa shape index (κ3) is 4.23. The second-order valence-electron chi connectivity index (χ2n) is 5.99. The topological polar surface area (TPSA) is 78.8 Å². The minimum atomic E-state index is -3.76. The summed E-state index contributed by atoms with van der Waals surface area (Å²) >= 11 is 5.80. The van der Waals surface area contributed by atoms with E-state index in [9.17, 15) is 13.2 Å². The minimum absolute atomic E-state index is 0.0924. The van der Waals surface area contributed by atoms with Crippen molar-refractivity contribution < 1.29 is 13.2 Å². The molecule has 0 bridgehead atoms.